The maximum absolute atomic E-state index is 15.1. The van der Waals surface area contributed by atoms with E-state index in [9.17, 15) is 18.0 Å². The van der Waals surface area contributed by atoms with Crippen molar-refractivity contribution in [2.24, 2.45) is 0 Å². The summed E-state index contributed by atoms with van der Waals surface area (Å²) in [6, 6.07) is 7.41. The second-order valence-corrected chi connectivity index (χ2v) is 15.6. The van der Waals surface area contributed by atoms with Gasteiger partial charge in [0.25, 0.3) is 0 Å². The number of pyridine rings is 2. The van der Waals surface area contributed by atoms with Crippen LogP contribution in [-0.2, 0) is 22.4 Å². The monoisotopic (exact) mass is 561 g/mol. The van der Waals surface area contributed by atoms with Gasteiger partial charge < -0.3 is 19.9 Å². The normalized spacial score (nSPS) is 12.1. The molecule has 0 aliphatic rings. The van der Waals surface area contributed by atoms with Crippen LogP contribution in [0.25, 0.3) is 22.6 Å². The molecule has 4 rings (SSSR count). The number of fused-ring (bicyclic) bond motifs is 1. The lowest BCUT2D eigenvalue weighted by Gasteiger charge is -2.16. The standard InChI is InChI=1S/C25H27F4N7O2Si/c1-15(37)31-23-20(26)17(8-10-30-23)33-21-16-9-11-36(14-38-12-13-39(2,3)4)24(16)35-22(34-21)18-6-5-7-19(32-18)25(27,28)29/h5-11H,12-14H2,1-4H3,(H2,30,31,33,34,35,37). The zero-order valence-corrected chi connectivity index (χ0v) is 22.7. The molecule has 0 aliphatic carbocycles. The van der Waals surface area contributed by atoms with Crippen molar-refractivity contribution in [3.05, 3.63) is 54.2 Å². The summed E-state index contributed by atoms with van der Waals surface area (Å²) in [6.45, 7) is 8.61. The predicted octanol–water partition coefficient (Wildman–Crippen LogP) is 6.06. The minimum atomic E-state index is -4.66. The van der Waals surface area contributed by atoms with Crippen LogP contribution in [0.3, 0.4) is 0 Å². The van der Waals surface area contributed by atoms with Crippen molar-refractivity contribution in [3.63, 3.8) is 0 Å². The smallest absolute Gasteiger partial charge is 0.361 e. The number of ether oxygens (including phenoxy) is 1. The highest BCUT2D eigenvalue weighted by atomic mass is 28.3. The minimum Gasteiger partial charge on any atom is -0.361 e. The third kappa shape index (κ3) is 6.94. The van der Waals surface area contributed by atoms with Crippen molar-refractivity contribution in [2.45, 2.75) is 45.5 Å². The summed E-state index contributed by atoms with van der Waals surface area (Å²) in [5, 5.41) is 5.64. The van der Waals surface area contributed by atoms with E-state index in [1.807, 2.05) is 0 Å². The van der Waals surface area contributed by atoms with Gasteiger partial charge in [0.2, 0.25) is 5.91 Å². The van der Waals surface area contributed by atoms with Gasteiger partial charge in [-0.1, -0.05) is 25.7 Å². The molecule has 0 spiro atoms. The predicted molar refractivity (Wildman–Crippen MR) is 142 cm³/mol. The fraction of sp³-hybridized carbons (Fsp3) is 0.320. The van der Waals surface area contributed by atoms with E-state index in [1.165, 1.54) is 31.3 Å². The van der Waals surface area contributed by atoms with E-state index in [2.05, 4.69) is 50.2 Å². The second kappa shape index (κ2) is 11.1. The highest BCUT2D eigenvalue weighted by Crippen LogP contribution is 2.32. The first kappa shape index (κ1) is 28.1. The van der Waals surface area contributed by atoms with E-state index in [-0.39, 0.29) is 35.6 Å². The molecule has 2 N–H and O–H groups in total. The molecule has 0 radical (unpaired) electrons. The van der Waals surface area contributed by atoms with Gasteiger partial charge in [0.05, 0.1) is 11.1 Å². The molecule has 39 heavy (non-hydrogen) atoms. The largest absolute Gasteiger partial charge is 0.433 e. The quantitative estimate of drug-likeness (QED) is 0.145. The van der Waals surface area contributed by atoms with Crippen LogP contribution in [0.4, 0.5) is 34.9 Å². The number of aromatic nitrogens is 5. The molecule has 0 fully saturated rings. The average molecular weight is 562 g/mol. The molecule has 1 amide bonds. The van der Waals surface area contributed by atoms with Crippen molar-refractivity contribution in [3.8, 4) is 11.5 Å². The van der Waals surface area contributed by atoms with Gasteiger partial charge in [-0.2, -0.15) is 13.2 Å². The Hall–Kier alpha value is -3.91. The number of carbonyl (C=O) groups excluding carboxylic acids is 1. The van der Waals surface area contributed by atoms with E-state index in [0.717, 1.165) is 12.1 Å². The summed E-state index contributed by atoms with van der Waals surface area (Å²) in [5.74, 6) is -1.62. The topological polar surface area (TPSA) is 107 Å². The Labute approximate surface area is 222 Å². The van der Waals surface area contributed by atoms with Crippen LogP contribution in [0.5, 0.6) is 0 Å². The number of anilines is 3. The third-order valence-electron chi connectivity index (χ3n) is 5.55. The fourth-order valence-corrected chi connectivity index (χ4v) is 4.32. The Balaban J connectivity index is 1.77. The van der Waals surface area contributed by atoms with Crippen LogP contribution >= 0.6 is 0 Å². The molecule has 4 heterocycles. The summed E-state index contributed by atoms with van der Waals surface area (Å²) in [7, 11) is -1.32. The van der Waals surface area contributed by atoms with Crippen molar-refractivity contribution in [1.29, 1.82) is 0 Å². The maximum Gasteiger partial charge on any atom is 0.433 e. The lowest BCUT2D eigenvalue weighted by atomic mass is 10.2. The Morgan fingerprint density at radius 3 is 2.54 bits per heavy atom. The lowest BCUT2D eigenvalue weighted by Crippen LogP contribution is -2.22. The van der Waals surface area contributed by atoms with Crippen LogP contribution in [0.1, 0.15) is 12.6 Å². The molecule has 14 heteroatoms. The van der Waals surface area contributed by atoms with E-state index in [4.69, 9.17) is 4.74 Å². The van der Waals surface area contributed by atoms with Gasteiger partial charge in [0.15, 0.2) is 17.5 Å². The van der Waals surface area contributed by atoms with Gasteiger partial charge in [0.1, 0.15) is 29.6 Å². The Bertz CT molecular complexity index is 1500. The Morgan fingerprint density at radius 1 is 1.08 bits per heavy atom. The summed E-state index contributed by atoms with van der Waals surface area (Å²) >= 11 is 0. The molecule has 0 unspecified atom stereocenters. The Morgan fingerprint density at radius 2 is 1.85 bits per heavy atom. The van der Waals surface area contributed by atoms with Crippen molar-refractivity contribution < 1.29 is 27.1 Å². The first-order valence-electron chi connectivity index (χ1n) is 12.0. The molecule has 0 aromatic carbocycles. The second-order valence-electron chi connectivity index (χ2n) is 10.00. The Kier molecular flexibility index (Phi) is 7.97. The molecule has 0 aliphatic heterocycles. The lowest BCUT2D eigenvalue weighted by molar-refractivity contribution is -0.141. The summed E-state index contributed by atoms with van der Waals surface area (Å²) < 4.78 is 62.6. The summed E-state index contributed by atoms with van der Waals surface area (Å²) in [5.41, 5.74) is -0.915. The maximum atomic E-state index is 15.1. The molecular formula is C25H27F4N7O2Si. The third-order valence-corrected chi connectivity index (χ3v) is 7.25. The van der Waals surface area contributed by atoms with E-state index in [1.54, 1.807) is 16.8 Å². The summed E-state index contributed by atoms with van der Waals surface area (Å²) in [6.07, 6.45) is -1.66. The van der Waals surface area contributed by atoms with Gasteiger partial charge in [-0.3, -0.25) is 4.79 Å². The molecule has 206 valence electrons. The van der Waals surface area contributed by atoms with Gasteiger partial charge in [-0.25, -0.2) is 24.3 Å². The van der Waals surface area contributed by atoms with Crippen LogP contribution in [0.15, 0.2) is 42.7 Å². The van der Waals surface area contributed by atoms with E-state index in [0.29, 0.717) is 17.6 Å². The van der Waals surface area contributed by atoms with Crippen molar-refractivity contribution >= 4 is 42.3 Å². The SMILES string of the molecule is CC(=O)Nc1nccc(Nc2nc(-c3cccc(C(F)(F)F)n3)nc3c2ccn3COCC[Si](C)(C)C)c1F. The van der Waals surface area contributed by atoms with E-state index >= 15 is 4.39 Å². The zero-order valence-electron chi connectivity index (χ0n) is 21.7. The molecule has 9 nitrogen and oxygen atoms in total. The highest BCUT2D eigenvalue weighted by Gasteiger charge is 2.33. The molecule has 4 aromatic rings. The molecule has 0 bridgehead atoms. The van der Waals surface area contributed by atoms with Crippen molar-refractivity contribution in [1.82, 2.24) is 24.5 Å². The van der Waals surface area contributed by atoms with Crippen LogP contribution < -0.4 is 10.6 Å². The number of alkyl halides is 3. The molecule has 0 saturated carbocycles. The van der Waals surface area contributed by atoms with Gasteiger partial charge in [0, 0.05) is 34.0 Å². The van der Waals surface area contributed by atoms with Gasteiger partial charge >= 0.3 is 6.18 Å². The number of hydrogen-bond donors (Lipinski definition) is 2. The first-order valence-corrected chi connectivity index (χ1v) is 15.7. The molecular weight excluding hydrogens is 534 g/mol. The molecule has 4 aromatic heterocycles. The molecule has 0 atom stereocenters. The average Bonchev–Trinajstić information content (AvgIpc) is 3.26. The number of carbonyl (C=O) groups is 1. The number of amides is 1. The van der Waals surface area contributed by atoms with Crippen molar-refractivity contribution in [2.75, 3.05) is 17.2 Å². The minimum absolute atomic E-state index is 0.0594. The molecule has 0 saturated heterocycles. The zero-order chi connectivity index (χ0) is 28.4. The highest BCUT2D eigenvalue weighted by molar-refractivity contribution is 6.76. The fourth-order valence-electron chi connectivity index (χ4n) is 3.56. The van der Waals surface area contributed by atoms with Crippen LogP contribution in [0, 0.1) is 5.82 Å². The first-order chi connectivity index (χ1) is 18.3. The number of nitrogens with one attached hydrogen (secondary N) is 2. The van der Waals surface area contributed by atoms with Crippen LogP contribution in [-0.4, -0.2) is 45.1 Å². The van der Waals surface area contributed by atoms with E-state index < -0.39 is 31.7 Å². The number of halogens is 4. The van der Waals surface area contributed by atoms with Crippen LogP contribution in [0.2, 0.25) is 25.7 Å². The number of hydrogen-bond acceptors (Lipinski definition) is 7. The summed E-state index contributed by atoms with van der Waals surface area (Å²) in [4.78, 5) is 27.8. The number of nitrogens with zero attached hydrogens (tertiary/aromatic N) is 5. The van der Waals surface area contributed by atoms with Gasteiger partial charge in [-0.15, -0.1) is 0 Å². The number of rotatable bonds is 9. The van der Waals surface area contributed by atoms with Gasteiger partial charge in [-0.05, 0) is 30.3 Å².